The highest BCUT2D eigenvalue weighted by Gasteiger charge is 2.25. The maximum Gasteiger partial charge on any atom is 0.256 e. The number of hydrogen-bond donors (Lipinski definition) is 2. The van der Waals surface area contributed by atoms with Crippen molar-refractivity contribution < 1.29 is 18.4 Å². The van der Waals surface area contributed by atoms with Gasteiger partial charge < -0.3 is 20.0 Å². The standard InChI is InChI=1S/C26H25ClFN3O3/c1-3-31(4-2)12-11-29-25(32)16-5-8-22(27)21(13-16)24-10-7-18(34-24)15-20-19-14-17(28)6-9-23(19)30-26(20)33/h5-10,13-15H,3-4,11-12H2,1-2H3,(H,29,32)(H,30,33). The fraction of sp³-hybridized carbons (Fsp3) is 0.231. The normalized spacial score (nSPS) is 13.9. The molecule has 2 amide bonds. The molecule has 8 heteroatoms. The van der Waals surface area contributed by atoms with E-state index in [0.29, 0.717) is 51.0 Å². The minimum absolute atomic E-state index is 0.194. The Kier molecular flexibility index (Phi) is 7.14. The van der Waals surface area contributed by atoms with Crippen LogP contribution in [-0.4, -0.2) is 42.9 Å². The van der Waals surface area contributed by atoms with E-state index < -0.39 is 5.82 Å². The van der Waals surface area contributed by atoms with Gasteiger partial charge in [-0.05, 0) is 67.7 Å². The number of carbonyl (C=O) groups is 2. The molecule has 0 spiro atoms. The summed E-state index contributed by atoms with van der Waals surface area (Å²) in [6.07, 6.45) is 1.56. The molecule has 0 fully saturated rings. The van der Waals surface area contributed by atoms with Crippen LogP contribution in [-0.2, 0) is 4.79 Å². The van der Waals surface area contributed by atoms with Crippen molar-refractivity contribution in [3.05, 3.63) is 76.3 Å². The van der Waals surface area contributed by atoms with Gasteiger partial charge in [-0.25, -0.2) is 4.39 Å². The molecule has 3 aromatic rings. The zero-order valence-corrected chi connectivity index (χ0v) is 19.7. The van der Waals surface area contributed by atoms with Gasteiger partial charge in [-0.3, -0.25) is 9.59 Å². The second kappa shape index (κ2) is 10.2. The van der Waals surface area contributed by atoms with E-state index in [2.05, 4.69) is 29.4 Å². The lowest BCUT2D eigenvalue weighted by atomic mass is 10.1. The molecule has 1 aromatic heterocycles. The molecular formula is C26H25ClFN3O3. The van der Waals surface area contributed by atoms with Crippen molar-refractivity contribution in [2.75, 3.05) is 31.5 Å². The van der Waals surface area contributed by atoms with Gasteiger partial charge in [0.25, 0.3) is 11.8 Å². The fourth-order valence-corrected chi connectivity index (χ4v) is 4.06. The molecule has 1 aliphatic heterocycles. The van der Waals surface area contributed by atoms with E-state index in [4.69, 9.17) is 16.0 Å². The topological polar surface area (TPSA) is 74.6 Å². The van der Waals surface area contributed by atoms with Crippen LogP contribution in [0.1, 0.15) is 35.5 Å². The van der Waals surface area contributed by atoms with E-state index in [9.17, 15) is 14.0 Å². The van der Waals surface area contributed by atoms with Gasteiger partial charge >= 0.3 is 0 Å². The molecule has 0 unspecified atom stereocenters. The number of fused-ring (bicyclic) bond motifs is 1. The molecule has 4 rings (SSSR count). The largest absolute Gasteiger partial charge is 0.457 e. The molecular weight excluding hydrogens is 457 g/mol. The van der Waals surface area contributed by atoms with Gasteiger partial charge in [0.1, 0.15) is 17.3 Å². The van der Waals surface area contributed by atoms with Crippen molar-refractivity contribution >= 4 is 40.8 Å². The molecule has 0 saturated heterocycles. The third-order valence-corrected chi connectivity index (χ3v) is 6.11. The Balaban J connectivity index is 1.54. The zero-order chi connectivity index (χ0) is 24.2. The molecule has 2 heterocycles. The maximum absolute atomic E-state index is 13.7. The van der Waals surface area contributed by atoms with Crippen LogP contribution in [0.15, 0.2) is 52.9 Å². The summed E-state index contributed by atoms with van der Waals surface area (Å²) < 4.78 is 19.6. The highest BCUT2D eigenvalue weighted by Crippen LogP contribution is 2.35. The van der Waals surface area contributed by atoms with Gasteiger partial charge in [0.2, 0.25) is 0 Å². The fourth-order valence-electron chi connectivity index (χ4n) is 3.85. The molecule has 0 atom stereocenters. The lowest BCUT2D eigenvalue weighted by molar-refractivity contribution is -0.110. The molecule has 2 aromatic carbocycles. The summed E-state index contributed by atoms with van der Waals surface area (Å²) >= 11 is 6.39. The Labute approximate surface area is 202 Å². The van der Waals surface area contributed by atoms with Crippen molar-refractivity contribution in [1.29, 1.82) is 0 Å². The molecule has 2 N–H and O–H groups in total. The summed E-state index contributed by atoms with van der Waals surface area (Å²) in [5, 5.41) is 6.07. The number of likely N-dealkylation sites (N-methyl/N-ethyl adjacent to an activating group) is 1. The van der Waals surface area contributed by atoms with Gasteiger partial charge in [0.15, 0.2) is 0 Å². The lowest BCUT2D eigenvalue weighted by Gasteiger charge is -2.18. The van der Waals surface area contributed by atoms with Crippen molar-refractivity contribution in [2.24, 2.45) is 0 Å². The molecule has 0 saturated carbocycles. The van der Waals surface area contributed by atoms with Crippen molar-refractivity contribution in [1.82, 2.24) is 10.2 Å². The predicted molar refractivity (Wildman–Crippen MR) is 132 cm³/mol. The Morgan fingerprint density at radius 2 is 1.91 bits per heavy atom. The van der Waals surface area contributed by atoms with Crippen molar-refractivity contribution in [3.8, 4) is 11.3 Å². The van der Waals surface area contributed by atoms with Crippen LogP contribution in [0.25, 0.3) is 23.0 Å². The molecule has 0 bridgehead atoms. The van der Waals surface area contributed by atoms with Crippen molar-refractivity contribution in [2.45, 2.75) is 13.8 Å². The minimum atomic E-state index is -0.430. The van der Waals surface area contributed by atoms with Crippen LogP contribution in [0.2, 0.25) is 5.02 Å². The Morgan fingerprint density at radius 1 is 1.12 bits per heavy atom. The molecule has 176 valence electrons. The third kappa shape index (κ3) is 5.05. The Morgan fingerprint density at radius 3 is 2.68 bits per heavy atom. The quantitative estimate of drug-likeness (QED) is 0.428. The number of nitrogens with zero attached hydrogens (tertiary/aromatic N) is 1. The molecule has 0 aliphatic carbocycles. The summed E-state index contributed by atoms with van der Waals surface area (Å²) in [5.41, 5.74) is 2.36. The minimum Gasteiger partial charge on any atom is -0.457 e. The van der Waals surface area contributed by atoms with Crippen LogP contribution >= 0.6 is 11.6 Å². The second-order valence-corrected chi connectivity index (χ2v) is 8.29. The van der Waals surface area contributed by atoms with Gasteiger partial charge in [-0.2, -0.15) is 0 Å². The number of furan rings is 1. The van der Waals surface area contributed by atoms with Crippen molar-refractivity contribution in [3.63, 3.8) is 0 Å². The lowest BCUT2D eigenvalue weighted by Crippen LogP contribution is -2.34. The zero-order valence-electron chi connectivity index (χ0n) is 19.0. The summed E-state index contributed by atoms with van der Waals surface area (Å²) in [5.74, 6) is -0.102. The first-order valence-corrected chi connectivity index (χ1v) is 11.5. The SMILES string of the molecule is CCN(CC)CCNC(=O)c1ccc(Cl)c(-c2ccc(C=C3C(=O)Nc4ccc(F)cc43)o2)c1. The number of nitrogens with one attached hydrogen (secondary N) is 2. The first-order valence-electron chi connectivity index (χ1n) is 11.1. The average molecular weight is 482 g/mol. The Bertz CT molecular complexity index is 1260. The summed E-state index contributed by atoms with van der Waals surface area (Å²) in [6, 6.07) is 12.5. The van der Waals surface area contributed by atoms with Crippen LogP contribution in [0.4, 0.5) is 10.1 Å². The Hall–Kier alpha value is -3.42. The van der Waals surface area contributed by atoms with E-state index >= 15 is 0 Å². The number of halogens is 2. The van der Waals surface area contributed by atoms with E-state index in [1.807, 2.05) is 0 Å². The van der Waals surface area contributed by atoms with Gasteiger partial charge in [-0.15, -0.1) is 0 Å². The summed E-state index contributed by atoms with van der Waals surface area (Å²) in [6.45, 7) is 7.34. The number of rotatable bonds is 8. The van der Waals surface area contributed by atoms with Gasteiger partial charge in [0.05, 0.1) is 10.6 Å². The number of anilines is 1. The van der Waals surface area contributed by atoms with Crippen LogP contribution in [0, 0.1) is 5.82 Å². The first kappa shape index (κ1) is 23.7. The highest BCUT2D eigenvalue weighted by molar-refractivity contribution is 6.35. The number of benzene rings is 2. The second-order valence-electron chi connectivity index (χ2n) is 7.88. The average Bonchev–Trinajstić information content (AvgIpc) is 3.41. The maximum atomic E-state index is 13.7. The summed E-state index contributed by atoms with van der Waals surface area (Å²) in [4.78, 5) is 27.2. The first-order chi connectivity index (χ1) is 16.4. The monoisotopic (exact) mass is 481 g/mol. The van der Waals surface area contributed by atoms with E-state index in [0.717, 1.165) is 19.6 Å². The van der Waals surface area contributed by atoms with Crippen LogP contribution < -0.4 is 10.6 Å². The number of amides is 2. The van der Waals surface area contributed by atoms with Gasteiger partial charge in [0, 0.05) is 35.5 Å². The smallest absolute Gasteiger partial charge is 0.256 e. The number of carbonyl (C=O) groups excluding carboxylic acids is 2. The van der Waals surface area contributed by atoms with E-state index in [1.165, 1.54) is 18.2 Å². The van der Waals surface area contributed by atoms with Gasteiger partial charge in [-0.1, -0.05) is 25.4 Å². The highest BCUT2D eigenvalue weighted by atomic mass is 35.5. The molecule has 1 aliphatic rings. The van der Waals surface area contributed by atoms with E-state index in [-0.39, 0.29) is 11.8 Å². The predicted octanol–water partition coefficient (Wildman–Crippen LogP) is 5.30. The van der Waals surface area contributed by atoms with Crippen LogP contribution in [0.5, 0.6) is 0 Å². The van der Waals surface area contributed by atoms with Crippen LogP contribution in [0.3, 0.4) is 0 Å². The summed E-state index contributed by atoms with van der Waals surface area (Å²) in [7, 11) is 0. The third-order valence-electron chi connectivity index (χ3n) is 5.78. The number of hydrogen-bond acceptors (Lipinski definition) is 4. The molecule has 0 radical (unpaired) electrons. The molecule has 34 heavy (non-hydrogen) atoms. The van der Waals surface area contributed by atoms with E-state index in [1.54, 1.807) is 36.4 Å². The molecule has 6 nitrogen and oxygen atoms in total.